The molecule has 0 aromatic heterocycles. The summed E-state index contributed by atoms with van der Waals surface area (Å²) in [6.45, 7) is 3.62. The third-order valence-corrected chi connectivity index (χ3v) is 7.28. The molecule has 1 aromatic carbocycles. The molecule has 1 fully saturated rings. The van der Waals surface area contributed by atoms with Crippen molar-refractivity contribution in [2.24, 2.45) is 11.8 Å². The normalized spacial score (nSPS) is 24.9. The third kappa shape index (κ3) is 8.47. The minimum Gasteiger partial charge on any atom is -0.463 e. The van der Waals surface area contributed by atoms with E-state index in [0.717, 1.165) is 50.5 Å². The summed E-state index contributed by atoms with van der Waals surface area (Å²) in [5, 5.41) is 15.8. The van der Waals surface area contributed by atoms with Crippen molar-refractivity contribution in [1.82, 2.24) is 10.6 Å². The van der Waals surface area contributed by atoms with Crippen LogP contribution in [-0.4, -0.2) is 47.2 Å². The summed E-state index contributed by atoms with van der Waals surface area (Å²) < 4.78 is 5.69. The fourth-order valence-corrected chi connectivity index (χ4v) is 5.13. The van der Waals surface area contributed by atoms with Gasteiger partial charge in [-0.15, -0.1) is 0 Å². The fourth-order valence-electron chi connectivity index (χ4n) is 5.13. The zero-order valence-corrected chi connectivity index (χ0v) is 21.8. The molecule has 0 radical (unpaired) electrons. The Kier molecular flexibility index (Phi) is 10.1. The molecule has 0 saturated heterocycles. The molecule has 0 unspecified atom stereocenters. The highest BCUT2D eigenvalue weighted by Gasteiger charge is 2.36. The summed E-state index contributed by atoms with van der Waals surface area (Å²) in [5.41, 5.74) is -0.232. The van der Waals surface area contributed by atoms with Crippen molar-refractivity contribution in [2.45, 2.75) is 89.1 Å². The number of aliphatic hydroxyl groups is 1. The number of hydrogen-bond donors (Lipinski definition) is 3. The SMILES string of the molecule is CC1(C)COC(=O)[C@@H](Cc2ccccc2)CCCC=CC[C@H](CC(=O)NC2(CO)CCCC2)C(=O)N1. The Hall–Kier alpha value is -2.67. The van der Waals surface area contributed by atoms with E-state index in [-0.39, 0.29) is 43.3 Å². The predicted molar refractivity (Wildman–Crippen MR) is 139 cm³/mol. The molecular formula is C29H42N2O5. The van der Waals surface area contributed by atoms with Crippen molar-refractivity contribution in [2.75, 3.05) is 13.2 Å². The van der Waals surface area contributed by atoms with Crippen LogP contribution < -0.4 is 10.6 Å². The van der Waals surface area contributed by atoms with Crippen molar-refractivity contribution >= 4 is 17.8 Å². The maximum absolute atomic E-state index is 13.2. The Morgan fingerprint density at radius 1 is 1.08 bits per heavy atom. The van der Waals surface area contributed by atoms with Gasteiger partial charge in [0.2, 0.25) is 11.8 Å². The molecule has 7 nitrogen and oxygen atoms in total. The van der Waals surface area contributed by atoms with E-state index in [2.05, 4.69) is 10.6 Å². The van der Waals surface area contributed by atoms with Gasteiger partial charge in [-0.2, -0.15) is 0 Å². The molecule has 3 N–H and O–H groups in total. The molecule has 3 rings (SSSR count). The largest absolute Gasteiger partial charge is 0.463 e. The Morgan fingerprint density at radius 2 is 1.81 bits per heavy atom. The number of ether oxygens (including phenoxy) is 1. The number of hydrogen-bond acceptors (Lipinski definition) is 5. The van der Waals surface area contributed by atoms with Gasteiger partial charge in [0.1, 0.15) is 6.61 Å². The highest BCUT2D eigenvalue weighted by Crippen LogP contribution is 2.29. The number of nitrogens with one attached hydrogen (secondary N) is 2. The molecule has 1 heterocycles. The number of cyclic esters (lactones) is 1. The molecule has 1 aliphatic heterocycles. The van der Waals surface area contributed by atoms with Crippen molar-refractivity contribution < 1.29 is 24.2 Å². The Bertz CT molecular complexity index is 905. The van der Waals surface area contributed by atoms with Crippen molar-refractivity contribution in [3.05, 3.63) is 48.0 Å². The summed E-state index contributed by atoms with van der Waals surface area (Å²) in [7, 11) is 0. The summed E-state index contributed by atoms with van der Waals surface area (Å²) in [4.78, 5) is 39.0. The number of carbonyl (C=O) groups excluding carboxylic acids is 3. The number of esters is 1. The van der Waals surface area contributed by atoms with Gasteiger partial charge in [-0.25, -0.2) is 0 Å². The van der Waals surface area contributed by atoms with E-state index in [1.54, 1.807) is 0 Å². The summed E-state index contributed by atoms with van der Waals surface area (Å²) in [6.07, 6.45) is 11.0. The maximum atomic E-state index is 13.2. The first-order valence-corrected chi connectivity index (χ1v) is 13.3. The molecule has 2 atom stereocenters. The van der Waals surface area contributed by atoms with Crippen molar-refractivity contribution in [3.63, 3.8) is 0 Å². The standard InChI is InChI=1S/C29H42N2O5/c1-28(2)21-36-27(35)24(18-22-12-6-5-7-13-22)15-9-4-3-8-14-23(26(34)31-28)19-25(33)30-29(20-32)16-10-11-17-29/h3,5-8,12-13,23-24,32H,4,9-11,14-21H2,1-2H3,(H,30,33)(H,31,34)/t23-,24-/m1/s1. The zero-order chi connectivity index (χ0) is 26.0. The van der Waals surface area contributed by atoms with Gasteiger partial charge in [0.15, 0.2) is 0 Å². The minimum absolute atomic E-state index is 0.0486. The van der Waals surface area contributed by atoms with Crippen LogP contribution in [0.3, 0.4) is 0 Å². The van der Waals surface area contributed by atoms with E-state index in [1.165, 1.54) is 0 Å². The fraction of sp³-hybridized carbons (Fsp3) is 0.621. The highest BCUT2D eigenvalue weighted by atomic mass is 16.5. The van der Waals surface area contributed by atoms with Crippen LogP contribution in [0.2, 0.25) is 0 Å². The average molecular weight is 499 g/mol. The second-order valence-electron chi connectivity index (χ2n) is 11.1. The summed E-state index contributed by atoms with van der Waals surface area (Å²) in [5.74, 6) is -1.47. The average Bonchev–Trinajstić information content (AvgIpc) is 3.31. The van der Waals surface area contributed by atoms with E-state index in [0.29, 0.717) is 12.8 Å². The van der Waals surface area contributed by atoms with Crippen molar-refractivity contribution in [1.29, 1.82) is 0 Å². The molecule has 2 aliphatic rings. The van der Waals surface area contributed by atoms with E-state index < -0.39 is 17.0 Å². The van der Waals surface area contributed by atoms with E-state index in [1.807, 2.05) is 56.3 Å². The number of amides is 2. The van der Waals surface area contributed by atoms with Gasteiger partial charge in [0, 0.05) is 6.42 Å². The first-order valence-electron chi connectivity index (χ1n) is 13.3. The molecule has 1 saturated carbocycles. The summed E-state index contributed by atoms with van der Waals surface area (Å²) in [6, 6.07) is 9.95. The minimum atomic E-state index is -0.773. The zero-order valence-electron chi connectivity index (χ0n) is 21.8. The quantitative estimate of drug-likeness (QED) is 0.408. The van der Waals surface area contributed by atoms with Crippen LogP contribution in [0.4, 0.5) is 0 Å². The lowest BCUT2D eigenvalue weighted by Gasteiger charge is -2.31. The lowest BCUT2D eigenvalue weighted by atomic mass is 9.92. The van der Waals surface area contributed by atoms with Gasteiger partial charge in [-0.1, -0.05) is 55.3 Å². The van der Waals surface area contributed by atoms with Gasteiger partial charge in [-0.05, 0) is 64.4 Å². The van der Waals surface area contributed by atoms with Gasteiger partial charge < -0.3 is 20.5 Å². The van der Waals surface area contributed by atoms with Gasteiger partial charge in [0.05, 0.1) is 29.5 Å². The smallest absolute Gasteiger partial charge is 0.309 e. The van der Waals surface area contributed by atoms with Gasteiger partial charge in [-0.3, -0.25) is 14.4 Å². The van der Waals surface area contributed by atoms with Gasteiger partial charge in [0.25, 0.3) is 0 Å². The lowest BCUT2D eigenvalue weighted by molar-refractivity contribution is -0.151. The predicted octanol–water partition coefficient (Wildman–Crippen LogP) is 3.84. The molecule has 198 valence electrons. The van der Waals surface area contributed by atoms with Crippen LogP contribution in [0.1, 0.15) is 77.2 Å². The molecule has 0 spiro atoms. The topological polar surface area (TPSA) is 105 Å². The second kappa shape index (κ2) is 13.0. The number of aliphatic hydroxyl groups excluding tert-OH is 1. The number of carbonyl (C=O) groups is 3. The summed E-state index contributed by atoms with van der Waals surface area (Å²) >= 11 is 0. The van der Waals surface area contributed by atoms with Crippen LogP contribution in [0.25, 0.3) is 0 Å². The monoisotopic (exact) mass is 498 g/mol. The highest BCUT2D eigenvalue weighted by molar-refractivity contribution is 5.86. The van der Waals surface area contributed by atoms with E-state index in [9.17, 15) is 19.5 Å². The Balaban J connectivity index is 1.66. The van der Waals surface area contributed by atoms with Crippen LogP contribution in [0, 0.1) is 11.8 Å². The number of rotatable bonds is 6. The first kappa shape index (κ1) is 27.9. The number of benzene rings is 1. The lowest BCUT2D eigenvalue weighted by Crippen LogP contribution is -2.52. The molecule has 36 heavy (non-hydrogen) atoms. The molecule has 2 amide bonds. The van der Waals surface area contributed by atoms with E-state index in [4.69, 9.17) is 4.74 Å². The maximum Gasteiger partial charge on any atom is 0.309 e. The van der Waals surface area contributed by atoms with Crippen LogP contribution >= 0.6 is 0 Å². The second-order valence-corrected chi connectivity index (χ2v) is 11.1. The van der Waals surface area contributed by atoms with Gasteiger partial charge >= 0.3 is 5.97 Å². The van der Waals surface area contributed by atoms with Crippen LogP contribution in [0.5, 0.6) is 0 Å². The Labute approximate surface area is 215 Å². The first-order chi connectivity index (χ1) is 17.2. The van der Waals surface area contributed by atoms with Crippen molar-refractivity contribution in [3.8, 4) is 0 Å². The molecule has 1 aromatic rings. The molecule has 0 bridgehead atoms. The third-order valence-electron chi connectivity index (χ3n) is 7.28. The number of allylic oxidation sites excluding steroid dienone is 2. The molecular weight excluding hydrogens is 456 g/mol. The Morgan fingerprint density at radius 3 is 2.50 bits per heavy atom. The van der Waals surface area contributed by atoms with E-state index >= 15 is 0 Å². The van der Waals surface area contributed by atoms with Crippen LogP contribution in [0.15, 0.2) is 42.5 Å². The van der Waals surface area contributed by atoms with Crippen LogP contribution in [-0.2, 0) is 25.5 Å². The molecule has 1 aliphatic carbocycles. The molecule has 7 heteroatoms.